The van der Waals surface area contributed by atoms with Crippen LogP contribution >= 0.6 is 0 Å². The lowest BCUT2D eigenvalue weighted by molar-refractivity contribution is 0.302. The molecule has 2 rings (SSSR count). The van der Waals surface area contributed by atoms with E-state index in [0.29, 0.717) is 0 Å². The number of halogens is 2. The first-order valence-electron chi connectivity index (χ1n) is 5.14. The molecule has 4 heteroatoms. The van der Waals surface area contributed by atoms with Crippen LogP contribution in [0, 0.1) is 18.6 Å². The molecule has 0 fully saturated rings. The SMILES string of the molecule is Cc1c(F)cc(OCc2cccnc2)cc1F. The van der Waals surface area contributed by atoms with Gasteiger partial charge in [0.05, 0.1) is 0 Å². The molecule has 1 aromatic carbocycles. The normalized spacial score (nSPS) is 10.3. The number of pyridine rings is 1. The Morgan fingerprint density at radius 3 is 2.53 bits per heavy atom. The summed E-state index contributed by atoms with van der Waals surface area (Å²) >= 11 is 0. The fourth-order valence-corrected chi connectivity index (χ4v) is 1.36. The van der Waals surface area contributed by atoms with E-state index in [1.54, 1.807) is 18.5 Å². The minimum absolute atomic E-state index is 0.00118. The zero-order valence-electron chi connectivity index (χ0n) is 9.28. The molecule has 0 bridgehead atoms. The molecule has 0 aliphatic rings. The van der Waals surface area contributed by atoms with Crippen molar-refractivity contribution in [3.8, 4) is 5.75 Å². The van der Waals surface area contributed by atoms with E-state index in [0.717, 1.165) is 5.56 Å². The minimum atomic E-state index is -0.605. The van der Waals surface area contributed by atoms with E-state index in [1.807, 2.05) is 6.07 Å². The van der Waals surface area contributed by atoms with Crippen molar-refractivity contribution in [3.63, 3.8) is 0 Å². The van der Waals surface area contributed by atoms with Crippen molar-refractivity contribution in [1.29, 1.82) is 0 Å². The number of hydrogen-bond donors (Lipinski definition) is 0. The second-order valence-corrected chi connectivity index (χ2v) is 3.66. The minimum Gasteiger partial charge on any atom is -0.489 e. The van der Waals surface area contributed by atoms with Gasteiger partial charge in [0.15, 0.2) is 0 Å². The number of benzene rings is 1. The van der Waals surface area contributed by atoms with Crippen LogP contribution in [0.15, 0.2) is 36.7 Å². The Bertz CT molecular complexity index is 491. The van der Waals surface area contributed by atoms with Crippen molar-refractivity contribution in [2.24, 2.45) is 0 Å². The smallest absolute Gasteiger partial charge is 0.132 e. The maximum atomic E-state index is 13.2. The highest BCUT2D eigenvalue weighted by atomic mass is 19.1. The lowest BCUT2D eigenvalue weighted by atomic mass is 10.2. The summed E-state index contributed by atoms with van der Waals surface area (Å²) in [7, 11) is 0. The standard InChI is InChI=1S/C13H11F2NO/c1-9-12(14)5-11(6-13(9)15)17-8-10-3-2-4-16-7-10/h2-7H,8H2,1H3. The maximum Gasteiger partial charge on any atom is 0.132 e. The van der Waals surface area contributed by atoms with E-state index >= 15 is 0 Å². The zero-order valence-corrected chi connectivity index (χ0v) is 9.28. The first kappa shape index (κ1) is 11.5. The number of ether oxygens (including phenoxy) is 1. The van der Waals surface area contributed by atoms with Crippen LogP contribution in [0.5, 0.6) is 5.75 Å². The van der Waals surface area contributed by atoms with Gasteiger partial charge in [0, 0.05) is 35.7 Å². The third kappa shape index (κ3) is 2.78. The van der Waals surface area contributed by atoms with Crippen LogP contribution in [-0.4, -0.2) is 4.98 Å². The number of aromatic nitrogens is 1. The van der Waals surface area contributed by atoms with Gasteiger partial charge in [0.1, 0.15) is 24.0 Å². The van der Waals surface area contributed by atoms with Crippen molar-refractivity contribution in [3.05, 3.63) is 59.4 Å². The quantitative estimate of drug-likeness (QED) is 0.814. The Kier molecular flexibility index (Phi) is 3.32. The lowest BCUT2D eigenvalue weighted by Gasteiger charge is -2.07. The van der Waals surface area contributed by atoms with Gasteiger partial charge in [0.2, 0.25) is 0 Å². The Hall–Kier alpha value is -1.97. The van der Waals surface area contributed by atoms with Gasteiger partial charge < -0.3 is 4.74 Å². The largest absolute Gasteiger partial charge is 0.489 e. The molecule has 2 nitrogen and oxygen atoms in total. The summed E-state index contributed by atoms with van der Waals surface area (Å²) < 4.78 is 31.8. The van der Waals surface area contributed by atoms with Crippen molar-refractivity contribution in [2.45, 2.75) is 13.5 Å². The molecule has 0 amide bonds. The molecule has 2 aromatic rings. The van der Waals surface area contributed by atoms with Gasteiger partial charge in [-0.25, -0.2) is 8.78 Å². The fraction of sp³-hybridized carbons (Fsp3) is 0.154. The molecule has 17 heavy (non-hydrogen) atoms. The van der Waals surface area contributed by atoms with E-state index in [9.17, 15) is 8.78 Å². The van der Waals surface area contributed by atoms with Gasteiger partial charge in [-0.1, -0.05) is 6.07 Å². The molecule has 0 spiro atoms. The van der Waals surface area contributed by atoms with Gasteiger partial charge in [-0.05, 0) is 13.0 Å². The van der Waals surface area contributed by atoms with Crippen LogP contribution in [0.4, 0.5) is 8.78 Å². The van der Waals surface area contributed by atoms with Crippen molar-refractivity contribution in [1.82, 2.24) is 4.98 Å². The van der Waals surface area contributed by atoms with Gasteiger partial charge in [-0.15, -0.1) is 0 Å². The van der Waals surface area contributed by atoms with Gasteiger partial charge >= 0.3 is 0 Å². The first-order valence-corrected chi connectivity index (χ1v) is 5.14. The van der Waals surface area contributed by atoms with Crippen LogP contribution in [0.2, 0.25) is 0 Å². The highest BCUT2D eigenvalue weighted by Crippen LogP contribution is 2.20. The highest BCUT2D eigenvalue weighted by Gasteiger charge is 2.07. The Morgan fingerprint density at radius 2 is 1.94 bits per heavy atom. The van der Waals surface area contributed by atoms with Crippen LogP contribution in [0.1, 0.15) is 11.1 Å². The van der Waals surface area contributed by atoms with Crippen LogP contribution in [-0.2, 0) is 6.61 Å². The van der Waals surface area contributed by atoms with E-state index in [4.69, 9.17) is 4.74 Å². The molecule has 1 heterocycles. The van der Waals surface area contributed by atoms with Gasteiger partial charge in [-0.3, -0.25) is 4.98 Å². The van der Waals surface area contributed by atoms with Crippen molar-refractivity contribution >= 4 is 0 Å². The van der Waals surface area contributed by atoms with Gasteiger partial charge in [0.25, 0.3) is 0 Å². The lowest BCUT2D eigenvalue weighted by Crippen LogP contribution is -1.98. The molecule has 0 saturated heterocycles. The molecule has 0 atom stereocenters. The van der Waals surface area contributed by atoms with E-state index in [2.05, 4.69) is 4.98 Å². The van der Waals surface area contributed by atoms with Crippen molar-refractivity contribution < 1.29 is 13.5 Å². The summed E-state index contributed by atoms with van der Waals surface area (Å²) in [5.41, 5.74) is 0.840. The monoisotopic (exact) mass is 235 g/mol. The molecule has 1 aromatic heterocycles. The predicted octanol–water partition coefficient (Wildman–Crippen LogP) is 3.25. The molecule has 0 unspecified atom stereocenters. The van der Waals surface area contributed by atoms with E-state index < -0.39 is 11.6 Å². The molecule has 0 aliphatic carbocycles. The van der Waals surface area contributed by atoms with Crippen LogP contribution < -0.4 is 4.74 Å². The van der Waals surface area contributed by atoms with Gasteiger partial charge in [-0.2, -0.15) is 0 Å². The number of rotatable bonds is 3. The number of hydrogen-bond acceptors (Lipinski definition) is 2. The predicted molar refractivity (Wildman–Crippen MR) is 59.7 cm³/mol. The summed E-state index contributed by atoms with van der Waals surface area (Å²) in [4.78, 5) is 3.92. The summed E-state index contributed by atoms with van der Waals surface area (Å²) in [6.07, 6.45) is 3.29. The summed E-state index contributed by atoms with van der Waals surface area (Å²) in [6.45, 7) is 1.62. The third-order valence-electron chi connectivity index (χ3n) is 2.38. The molecule has 0 saturated carbocycles. The molecule has 88 valence electrons. The topological polar surface area (TPSA) is 22.1 Å². The van der Waals surface area contributed by atoms with Crippen LogP contribution in [0.3, 0.4) is 0 Å². The average molecular weight is 235 g/mol. The maximum absolute atomic E-state index is 13.2. The Balaban J connectivity index is 2.10. The summed E-state index contributed by atoms with van der Waals surface area (Å²) in [5, 5.41) is 0. The number of nitrogens with zero attached hydrogens (tertiary/aromatic N) is 1. The second-order valence-electron chi connectivity index (χ2n) is 3.66. The Morgan fingerprint density at radius 1 is 1.24 bits per heavy atom. The summed E-state index contributed by atoms with van der Waals surface area (Å²) in [5.74, 6) is -1.04. The highest BCUT2D eigenvalue weighted by molar-refractivity contribution is 5.29. The molecule has 0 N–H and O–H groups in total. The molecular weight excluding hydrogens is 224 g/mol. The average Bonchev–Trinajstić information content (AvgIpc) is 2.34. The second kappa shape index (κ2) is 4.91. The Labute approximate surface area is 97.9 Å². The van der Waals surface area contributed by atoms with E-state index in [1.165, 1.54) is 19.1 Å². The fourth-order valence-electron chi connectivity index (χ4n) is 1.36. The molecule has 0 radical (unpaired) electrons. The third-order valence-corrected chi connectivity index (χ3v) is 2.38. The first-order chi connectivity index (χ1) is 8.16. The van der Waals surface area contributed by atoms with Crippen molar-refractivity contribution in [2.75, 3.05) is 0 Å². The molecular formula is C13H11F2NO. The zero-order chi connectivity index (χ0) is 12.3. The summed E-state index contributed by atoms with van der Waals surface area (Å²) in [6, 6.07) is 5.95. The van der Waals surface area contributed by atoms with Crippen LogP contribution in [0.25, 0.3) is 0 Å². The van der Waals surface area contributed by atoms with E-state index in [-0.39, 0.29) is 17.9 Å². The molecule has 0 aliphatic heterocycles.